The lowest BCUT2D eigenvalue weighted by atomic mass is 10.0. The molecule has 0 saturated heterocycles. The molecule has 1 atom stereocenters. The zero-order valence-electron chi connectivity index (χ0n) is 27.4. The molecular formula is C34H49FN6O3S. The van der Waals surface area contributed by atoms with E-state index in [9.17, 15) is 12.8 Å². The van der Waals surface area contributed by atoms with Crippen LogP contribution in [0.2, 0.25) is 0 Å². The highest BCUT2D eigenvalue weighted by Crippen LogP contribution is 2.32. The van der Waals surface area contributed by atoms with Crippen molar-refractivity contribution >= 4 is 32.7 Å². The zero-order valence-corrected chi connectivity index (χ0v) is 28.3. The Kier molecular flexibility index (Phi) is 13.2. The Hall–Kier alpha value is -3.70. The third kappa shape index (κ3) is 9.64. The summed E-state index contributed by atoms with van der Waals surface area (Å²) >= 11 is 0. The lowest BCUT2D eigenvalue weighted by Gasteiger charge is -2.14. The average Bonchev–Trinajstić information content (AvgIpc) is 3.31. The van der Waals surface area contributed by atoms with E-state index >= 15 is 0 Å². The molecule has 5 N–H and O–H groups in total. The number of methoxy groups -OCH3 is 1. The minimum absolute atomic E-state index is 0.0697. The number of pyridine rings is 1. The third-order valence-corrected chi connectivity index (χ3v) is 9.27. The highest BCUT2D eigenvalue weighted by Gasteiger charge is 2.22. The average molecular weight is 641 g/mol. The van der Waals surface area contributed by atoms with Gasteiger partial charge in [0.1, 0.15) is 16.4 Å². The summed E-state index contributed by atoms with van der Waals surface area (Å²) < 4.78 is 50.1. The summed E-state index contributed by atoms with van der Waals surface area (Å²) in [5, 5.41) is 0. The van der Waals surface area contributed by atoms with Gasteiger partial charge in [-0.2, -0.15) is 0 Å². The van der Waals surface area contributed by atoms with Crippen LogP contribution in [0.3, 0.4) is 0 Å². The summed E-state index contributed by atoms with van der Waals surface area (Å²) in [5.41, 5.74) is 15.7. The molecule has 0 aliphatic heterocycles. The molecule has 2 aromatic carbocycles. The molecule has 1 unspecified atom stereocenters. The summed E-state index contributed by atoms with van der Waals surface area (Å²) in [6.45, 7) is 11.2. The Bertz CT molecular complexity index is 1650. The molecule has 0 spiro atoms. The van der Waals surface area contributed by atoms with Crippen LogP contribution in [-0.4, -0.2) is 36.1 Å². The van der Waals surface area contributed by atoms with Gasteiger partial charge in [-0.15, -0.1) is 0 Å². The van der Waals surface area contributed by atoms with Crippen molar-refractivity contribution in [2.75, 3.05) is 17.6 Å². The summed E-state index contributed by atoms with van der Waals surface area (Å²) in [6.07, 6.45) is 9.64. The van der Waals surface area contributed by atoms with E-state index in [0.717, 1.165) is 42.4 Å². The van der Waals surface area contributed by atoms with E-state index in [0.29, 0.717) is 29.0 Å². The number of sulfonamides is 1. The lowest BCUT2D eigenvalue weighted by Crippen LogP contribution is -2.18. The number of rotatable bonds is 14. The molecule has 0 fully saturated rings. The maximum Gasteiger partial charge on any atom is 0.264 e. The van der Waals surface area contributed by atoms with E-state index in [1.165, 1.54) is 51.0 Å². The first-order valence-corrected chi connectivity index (χ1v) is 17.3. The topological polar surface area (TPSA) is 138 Å². The molecule has 0 aliphatic carbocycles. The highest BCUT2D eigenvalue weighted by atomic mass is 32.2. The molecule has 0 bridgehead atoms. The van der Waals surface area contributed by atoms with Crippen LogP contribution in [0.1, 0.15) is 78.2 Å². The van der Waals surface area contributed by atoms with Crippen molar-refractivity contribution < 1.29 is 17.5 Å². The first-order chi connectivity index (χ1) is 21.4. The number of nitrogens with one attached hydrogen (secondary N) is 1. The van der Waals surface area contributed by atoms with Crippen LogP contribution in [0, 0.1) is 18.7 Å². The minimum Gasteiger partial charge on any atom is -0.480 e. The molecule has 2 heterocycles. The number of fused-ring (bicyclic) bond motifs is 1. The Morgan fingerprint density at radius 2 is 1.73 bits per heavy atom. The number of halogens is 1. The SMILES string of the molecule is CCC(C)CCCn1c(N)nc2ccc(-c3cnc(OC)c(NS(=O)(=O)c4ccc(C)cc4F)c3)cc21.CCCC(N)CCC. The number of nitrogens with zero attached hydrogens (tertiary/aromatic N) is 3. The van der Waals surface area contributed by atoms with Gasteiger partial charge in [0.05, 0.1) is 18.1 Å². The van der Waals surface area contributed by atoms with Crippen LogP contribution in [0.15, 0.2) is 53.6 Å². The number of hydrogen-bond donors (Lipinski definition) is 3. The van der Waals surface area contributed by atoms with Crippen LogP contribution in [0.25, 0.3) is 22.2 Å². The van der Waals surface area contributed by atoms with Crippen molar-refractivity contribution in [3.05, 3.63) is 60.0 Å². The molecule has 0 aliphatic rings. The molecule has 0 saturated carbocycles. The zero-order chi connectivity index (χ0) is 33.1. The van der Waals surface area contributed by atoms with Gasteiger partial charge in [-0.05, 0) is 80.0 Å². The second kappa shape index (κ2) is 16.6. The fraction of sp³-hybridized carbons (Fsp3) is 0.471. The molecule has 246 valence electrons. The fourth-order valence-corrected chi connectivity index (χ4v) is 6.22. The van der Waals surface area contributed by atoms with Gasteiger partial charge in [-0.1, -0.05) is 59.1 Å². The quantitative estimate of drug-likeness (QED) is 0.129. The van der Waals surface area contributed by atoms with E-state index in [2.05, 4.69) is 42.4 Å². The largest absolute Gasteiger partial charge is 0.480 e. The van der Waals surface area contributed by atoms with Crippen LogP contribution >= 0.6 is 0 Å². The molecule has 2 aromatic heterocycles. The van der Waals surface area contributed by atoms with E-state index < -0.39 is 20.7 Å². The molecule has 4 rings (SSSR count). The smallest absolute Gasteiger partial charge is 0.264 e. The summed E-state index contributed by atoms with van der Waals surface area (Å²) in [7, 11) is -2.84. The Labute approximate surface area is 267 Å². The van der Waals surface area contributed by atoms with Gasteiger partial charge in [0.25, 0.3) is 10.0 Å². The number of anilines is 2. The summed E-state index contributed by atoms with van der Waals surface area (Å²) in [6, 6.07) is 11.7. The second-order valence-corrected chi connectivity index (χ2v) is 13.3. The molecular weight excluding hydrogens is 591 g/mol. The number of hydrogen-bond acceptors (Lipinski definition) is 7. The van der Waals surface area contributed by atoms with Crippen LogP contribution in [0.4, 0.5) is 16.0 Å². The molecule has 9 nitrogen and oxygen atoms in total. The second-order valence-electron chi connectivity index (χ2n) is 11.6. The number of aromatic nitrogens is 3. The number of imidazole rings is 1. The van der Waals surface area contributed by atoms with Gasteiger partial charge < -0.3 is 20.8 Å². The number of nitrogens with two attached hydrogens (primary N) is 2. The van der Waals surface area contributed by atoms with Gasteiger partial charge in [0.15, 0.2) is 0 Å². The number of aryl methyl sites for hydroxylation is 2. The highest BCUT2D eigenvalue weighted by molar-refractivity contribution is 7.92. The predicted molar refractivity (Wildman–Crippen MR) is 182 cm³/mol. The van der Waals surface area contributed by atoms with Crippen molar-refractivity contribution in [2.24, 2.45) is 11.7 Å². The van der Waals surface area contributed by atoms with Gasteiger partial charge >= 0.3 is 0 Å². The minimum atomic E-state index is -4.23. The van der Waals surface area contributed by atoms with E-state index in [-0.39, 0.29) is 11.6 Å². The van der Waals surface area contributed by atoms with Gasteiger partial charge in [-0.3, -0.25) is 4.72 Å². The van der Waals surface area contributed by atoms with Crippen LogP contribution in [-0.2, 0) is 16.6 Å². The van der Waals surface area contributed by atoms with Crippen molar-refractivity contribution in [1.29, 1.82) is 0 Å². The summed E-state index contributed by atoms with van der Waals surface area (Å²) in [5.74, 6) is 0.339. The fourth-order valence-electron chi connectivity index (χ4n) is 5.11. The number of ether oxygens (including phenoxy) is 1. The van der Waals surface area contributed by atoms with Crippen LogP contribution in [0.5, 0.6) is 5.88 Å². The number of nitrogen functional groups attached to an aromatic ring is 1. The Morgan fingerprint density at radius 3 is 2.36 bits per heavy atom. The predicted octanol–water partition coefficient (Wildman–Crippen LogP) is 7.68. The van der Waals surface area contributed by atoms with Crippen molar-refractivity contribution in [2.45, 2.75) is 97.0 Å². The maximum atomic E-state index is 14.4. The third-order valence-electron chi connectivity index (χ3n) is 7.87. The standard InChI is InChI=1S/C27H32FN5O3S.C7H17N/c1-5-17(2)7-6-12-33-24-15-19(9-10-22(24)31-27(33)29)20-14-23(26(36-4)30-16-20)32-37(34,35)25-11-8-18(3)13-21(25)28;1-3-5-7(8)6-4-2/h8-11,13-17,32H,5-7,12H2,1-4H3,(H2,29,31);7H,3-6,8H2,1-2H3. The van der Waals surface area contributed by atoms with E-state index in [4.69, 9.17) is 16.2 Å². The van der Waals surface area contributed by atoms with Gasteiger partial charge in [-0.25, -0.2) is 22.8 Å². The first kappa shape index (κ1) is 35.8. The monoisotopic (exact) mass is 640 g/mol. The van der Waals surface area contributed by atoms with Crippen molar-refractivity contribution in [1.82, 2.24) is 14.5 Å². The van der Waals surface area contributed by atoms with Gasteiger partial charge in [0, 0.05) is 24.3 Å². The normalized spacial score (nSPS) is 12.2. The molecule has 45 heavy (non-hydrogen) atoms. The van der Waals surface area contributed by atoms with E-state index in [1.54, 1.807) is 19.2 Å². The molecule has 11 heteroatoms. The Balaban J connectivity index is 0.000000610. The summed E-state index contributed by atoms with van der Waals surface area (Å²) in [4.78, 5) is 8.31. The lowest BCUT2D eigenvalue weighted by molar-refractivity contribution is 0.400. The van der Waals surface area contributed by atoms with Crippen molar-refractivity contribution in [3.8, 4) is 17.0 Å². The van der Waals surface area contributed by atoms with E-state index in [1.807, 2.05) is 22.8 Å². The molecule has 0 amide bonds. The van der Waals surface area contributed by atoms with Crippen molar-refractivity contribution in [3.63, 3.8) is 0 Å². The first-order valence-electron chi connectivity index (χ1n) is 15.8. The van der Waals surface area contributed by atoms with Crippen LogP contribution < -0.4 is 20.9 Å². The molecule has 0 radical (unpaired) electrons. The molecule has 4 aromatic rings. The van der Waals surface area contributed by atoms with Gasteiger partial charge in [0.2, 0.25) is 11.8 Å². The number of benzene rings is 2. The maximum absolute atomic E-state index is 14.4. The Morgan fingerprint density at radius 1 is 1.02 bits per heavy atom.